The van der Waals surface area contributed by atoms with E-state index in [9.17, 15) is 9.59 Å². The largest absolute Gasteiger partial charge is 0.466 e. The molecule has 0 aliphatic rings. The molecule has 0 fully saturated rings. The molecule has 122 valence electrons. The van der Waals surface area contributed by atoms with Crippen molar-refractivity contribution in [3.05, 3.63) is 41.4 Å². The zero-order chi connectivity index (χ0) is 16.7. The Bertz CT molecular complexity index is 658. The fraction of sp³-hybridized carbons (Fsp3) is 0.312. The van der Waals surface area contributed by atoms with E-state index in [1.165, 1.54) is 23.1 Å². The van der Waals surface area contributed by atoms with Gasteiger partial charge in [-0.15, -0.1) is 11.3 Å². The van der Waals surface area contributed by atoms with E-state index in [4.69, 9.17) is 4.74 Å². The Morgan fingerprint density at radius 2 is 2.09 bits per heavy atom. The Hall–Kier alpha value is -1.86. The normalized spacial score (nSPS) is 11.7. The lowest BCUT2D eigenvalue weighted by Gasteiger charge is -2.10. The Balaban J connectivity index is 1.87. The summed E-state index contributed by atoms with van der Waals surface area (Å²) in [6.45, 7) is 3.96. The average Bonchev–Trinajstić information content (AvgIpc) is 2.95. The van der Waals surface area contributed by atoms with E-state index in [0.717, 1.165) is 10.0 Å². The van der Waals surface area contributed by atoms with Crippen LogP contribution in [-0.4, -0.2) is 28.7 Å². The van der Waals surface area contributed by atoms with Crippen LogP contribution in [0.3, 0.4) is 0 Å². The number of anilines is 1. The third-order valence-corrected chi connectivity index (χ3v) is 4.97. The van der Waals surface area contributed by atoms with Crippen LogP contribution in [-0.2, 0) is 20.7 Å². The van der Waals surface area contributed by atoms with Gasteiger partial charge < -0.3 is 10.1 Å². The van der Waals surface area contributed by atoms with Crippen LogP contribution in [0.1, 0.15) is 19.5 Å². The lowest BCUT2D eigenvalue weighted by Crippen LogP contribution is -2.22. The first-order chi connectivity index (χ1) is 11.1. The number of hydrogen-bond acceptors (Lipinski definition) is 6. The molecule has 1 heterocycles. The van der Waals surface area contributed by atoms with E-state index >= 15 is 0 Å². The predicted octanol–water partition coefficient (Wildman–Crippen LogP) is 3.37. The maximum absolute atomic E-state index is 12.2. The zero-order valence-corrected chi connectivity index (χ0v) is 14.6. The summed E-state index contributed by atoms with van der Waals surface area (Å²) in [4.78, 5) is 27.9. The summed E-state index contributed by atoms with van der Waals surface area (Å²) < 4.78 is 5.66. The predicted molar refractivity (Wildman–Crippen MR) is 92.8 cm³/mol. The molecule has 7 heteroatoms. The second kappa shape index (κ2) is 8.69. The number of thiazole rings is 1. The van der Waals surface area contributed by atoms with Gasteiger partial charge in [0.2, 0.25) is 5.91 Å². The lowest BCUT2D eigenvalue weighted by atomic mass is 10.3. The first-order valence-corrected chi connectivity index (χ1v) is 8.97. The minimum Gasteiger partial charge on any atom is -0.466 e. The van der Waals surface area contributed by atoms with Crippen molar-refractivity contribution in [1.82, 2.24) is 4.98 Å². The fourth-order valence-corrected chi connectivity index (χ4v) is 3.73. The number of thioether (sulfide) groups is 1. The molecule has 1 aromatic heterocycles. The van der Waals surface area contributed by atoms with Crippen molar-refractivity contribution >= 4 is 40.7 Å². The van der Waals surface area contributed by atoms with Crippen molar-refractivity contribution in [3.8, 4) is 0 Å². The molecule has 2 aromatic rings. The highest BCUT2D eigenvalue weighted by Gasteiger charge is 2.17. The number of rotatable bonds is 7. The van der Waals surface area contributed by atoms with Crippen LogP contribution >= 0.6 is 23.1 Å². The summed E-state index contributed by atoms with van der Waals surface area (Å²) in [5.74, 6) is -0.368. The van der Waals surface area contributed by atoms with Crippen LogP contribution in [0.5, 0.6) is 0 Å². The van der Waals surface area contributed by atoms with Crippen molar-refractivity contribution in [2.24, 2.45) is 0 Å². The number of carbonyl (C=O) groups excluding carboxylic acids is 2. The number of hydrogen-bond donors (Lipinski definition) is 1. The quantitative estimate of drug-likeness (QED) is 0.612. The van der Waals surface area contributed by atoms with Gasteiger partial charge in [-0.05, 0) is 26.0 Å². The van der Waals surface area contributed by atoms with Crippen LogP contribution in [0, 0.1) is 0 Å². The molecule has 0 bridgehead atoms. The van der Waals surface area contributed by atoms with Gasteiger partial charge >= 0.3 is 5.97 Å². The molecule has 1 N–H and O–H groups in total. The topological polar surface area (TPSA) is 68.3 Å². The molecule has 0 aliphatic carbocycles. The minimum atomic E-state index is -0.288. The number of aromatic nitrogens is 1. The van der Waals surface area contributed by atoms with E-state index in [-0.39, 0.29) is 23.5 Å². The summed E-state index contributed by atoms with van der Waals surface area (Å²) >= 11 is 2.80. The van der Waals surface area contributed by atoms with Gasteiger partial charge in [-0.1, -0.05) is 30.0 Å². The van der Waals surface area contributed by atoms with Gasteiger partial charge in [0.1, 0.15) is 0 Å². The van der Waals surface area contributed by atoms with Crippen LogP contribution < -0.4 is 5.32 Å². The van der Waals surface area contributed by atoms with E-state index in [0.29, 0.717) is 12.3 Å². The number of benzene rings is 1. The standard InChI is InChI=1S/C16H18N2O3S2/c1-3-21-14(19)9-13-10-22-16(18-13)23-11(2)15(20)17-12-7-5-4-6-8-12/h4-8,10-11H,3,9H2,1-2H3,(H,17,20). The number of para-hydroxylation sites is 1. The van der Waals surface area contributed by atoms with Crippen LogP contribution in [0.4, 0.5) is 5.69 Å². The molecule has 23 heavy (non-hydrogen) atoms. The van der Waals surface area contributed by atoms with Crippen LogP contribution in [0.2, 0.25) is 0 Å². The van der Waals surface area contributed by atoms with E-state index < -0.39 is 0 Å². The second-order valence-electron chi connectivity index (χ2n) is 4.70. The fourth-order valence-electron chi connectivity index (χ4n) is 1.75. The Labute approximate surface area is 143 Å². The van der Waals surface area contributed by atoms with E-state index in [1.807, 2.05) is 42.6 Å². The average molecular weight is 350 g/mol. The van der Waals surface area contributed by atoms with Gasteiger partial charge in [-0.3, -0.25) is 9.59 Å². The highest BCUT2D eigenvalue weighted by molar-refractivity contribution is 8.02. The minimum absolute atomic E-state index is 0.0802. The summed E-state index contributed by atoms with van der Waals surface area (Å²) in [5.41, 5.74) is 1.44. The summed E-state index contributed by atoms with van der Waals surface area (Å²) in [5, 5.41) is 4.40. The Morgan fingerprint density at radius 3 is 2.78 bits per heavy atom. The molecule has 0 saturated carbocycles. The highest BCUT2D eigenvalue weighted by Crippen LogP contribution is 2.27. The van der Waals surface area contributed by atoms with Gasteiger partial charge in [0.25, 0.3) is 0 Å². The number of amides is 1. The maximum atomic E-state index is 12.2. The van der Waals surface area contributed by atoms with Crippen LogP contribution in [0.15, 0.2) is 40.1 Å². The molecule has 1 amide bonds. The molecular formula is C16H18N2O3S2. The SMILES string of the molecule is CCOC(=O)Cc1csc(SC(C)C(=O)Nc2ccccc2)n1. The summed E-state index contributed by atoms with van der Waals surface area (Å²) in [6, 6.07) is 9.33. The lowest BCUT2D eigenvalue weighted by molar-refractivity contribution is -0.142. The van der Waals surface area contributed by atoms with Crippen molar-refractivity contribution in [2.75, 3.05) is 11.9 Å². The molecular weight excluding hydrogens is 332 g/mol. The molecule has 0 aliphatic heterocycles. The zero-order valence-electron chi connectivity index (χ0n) is 12.9. The van der Waals surface area contributed by atoms with Crippen molar-refractivity contribution < 1.29 is 14.3 Å². The smallest absolute Gasteiger partial charge is 0.311 e. The number of ether oxygens (including phenoxy) is 1. The molecule has 0 radical (unpaired) electrons. The van der Waals surface area contributed by atoms with Gasteiger partial charge in [0.05, 0.1) is 24.0 Å². The van der Waals surface area contributed by atoms with E-state index in [2.05, 4.69) is 10.3 Å². The third-order valence-electron chi connectivity index (χ3n) is 2.85. The molecule has 1 aromatic carbocycles. The molecule has 0 saturated heterocycles. The maximum Gasteiger partial charge on any atom is 0.311 e. The van der Waals surface area contributed by atoms with Gasteiger partial charge in [0.15, 0.2) is 4.34 Å². The molecule has 5 nitrogen and oxygen atoms in total. The van der Waals surface area contributed by atoms with Crippen molar-refractivity contribution in [3.63, 3.8) is 0 Å². The number of nitrogens with one attached hydrogen (secondary N) is 1. The van der Waals surface area contributed by atoms with Crippen molar-refractivity contribution in [2.45, 2.75) is 29.9 Å². The van der Waals surface area contributed by atoms with E-state index in [1.54, 1.807) is 6.92 Å². The molecule has 2 rings (SSSR count). The summed E-state index contributed by atoms with van der Waals surface area (Å²) in [7, 11) is 0. The van der Waals surface area contributed by atoms with Gasteiger partial charge in [-0.25, -0.2) is 4.98 Å². The van der Waals surface area contributed by atoms with Crippen LogP contribution in [0.25, 0.3) is 0 Å². The number of carbonyl (C=O) groups is 2. The van der Waals surface area contributed by atoms with Crippen molar-refractivity contribution in [1.29, 1.82) is 0 Å². The monoisotopic (exact) mass is 350 g/mol. The van der Waals surface area contributed by atoms with Gasteiger partial charge in [-0.2, -0.15) is 0 Å². The number of nitrogens with zero attached hydrogens (tertiary/aromatic N) is 1. The third kappa shape index (κ3) is 5.69. The van der Waals surface area contributed by atoms with Gasteiger partial charge in [0, 0.05) is 11.1 Å². The second-order valence-corrected chi connectivity index (χ2v) is 7.15. The Kier molecular flexibility index (Phi) is 6.61. The molecule has 1 unspecified atom stereocenters. The molecule has 1 atom stereocenters. The first-order valence-electron chi connectivity index (χ1n) is 7.21. The summed E-state index contributed by atoms with van der Waals surface area (Å²) in [6.07, 6.45) is 0.162. The number of esters is 1. The molecule has 0 spiro atoms. The Morgan fingerprint density at radius 1 is 1.35 bits per heavy atom. The highest BCUT2D eigenvalue weighted by atomic mass is 32.2. The first kappa shape index (κ1) is 17.5.